The van der Waals surface area contributed by atoms with Crippen LogP contribution in [0.2, 0.25) is 0 Å². The van der Waals surface area contributed by atoms with E-state index < -0.39 is 11.0 Å². The Hall–Kier alpha value is -3.87. The number of hydrogen-bond donors (Lipinski definition) is 1. The summed E-state index contributed by atoms with van der Waals surface area (Å²) in [5, 5.41) is 14.0. The van der Waals surface area contributed by atoms with Gasteiger partial charge in [0.25, 0.3) is 11.6 Å². The first-order chi connectivity index (χ1) is 14.4. The van der Waals surface area contributed by atoms with Crippen LogP contribution in [0, 0.1) is 17.0 Å². The van der Waals surface area contributed by atoms with Crippen molar-refractivity contribution in [1.29, 1.82) is 0 Å². The number of carbonyl (C=O) groups excluding carboxylic acids is 1. The topological polar surface area (TPSA) is 90.7 Å². The lowest BCUT2D eigenvalue weighted by Crippen LogP contribution is -2.30. The Balaban J connectivity index is 1.85. The van der Waals surface area contributed by atoms with Crippen molar-refractivity contribution in [2.75, 3.05) is 12.4 Å². The van der Waals surface area contributed by atoms with Crippen molar-refractivity contribution >= 4 is 17.3 Å². The summed E-state index contributed by atoms with van der Waals surface area (Å²) in [6.07, 6.45) is -0.815. The fourth-order valence-electron chi connectivity index (χ4n) is 2.86. The van der Waals surface area contributed by atoms with Gasteiger partial charge < -0.3 is 14.8 Å². The smallest absolute Gasteiger partial charge is 0.270 e. The molecule has 0 aliphatic carbocycles. The number of aryl methyl sites for hydroxylation is 1. The average molecular weight is 406 g/mol. The molecule has 0 saturated carbocycles. The van der Waals surface area contributed by atoms with Crippen LogP contribution in [0.5, 0.6) is 11.5 Å². The second-order valence-electron chi connectivity index (χ2n) is 6.78. The number of nitro groups is 1. The lowest BCUT2D eigenvalue weighted by molar-refractivity contribution is -0.384. The zero-order valence-electron chi connectivity index (χ0n) is 16.9. The number of nitro benzene ring substituents is 1. The molecule has 1 atom stereocenters. The van der Waals surface area contributed by atoms with Crippen LogP contribution in [0.25, 0.3) is 11.1 Å². The monoisotopic (exact) mass is 406 g/mol. The molecule has 1 amide bonds. The number of carbonyl (C=O) groups is 1. The Bertz CT molecular complexity index is 1050. The highest BCUT2D eigenvalue weighted by Crippen LogP contribution is 2.35. The number of methoxy groups -OCH3 is 1. The van der Waals surface area contributed by atoms with Crippen LogP contribution in [0.4, 0.5) is 11.4 Å². The molecular weight excluding hydrogens is 384 g/mol. The number of non-ortho nitro benzene ring substituents is 1. The van der Waals surface area contributed by atoms with Crippen LogP contribution in [-0.4, -0.2) is 24.0 Å². The summed E-state index contributed by atoms with van der Waals surface area (Å²) < 4.78 is 11.0. The first-order valence-electron chi connectivity index (χ1n) is 9.34. The highest BCUT2D eigenvalue weighted by atomic mass is 16.6. The Morgan fingerprint density at radius 2 is 1.70 bits per heavy atom. The zero-order valence-corrected chi connectivity index (χ0v) is 16.9. The third-order valence-corrected chi connectivity index (χ3v) is 4.57. The molecule has 3 aromatic rings. The minimum Gasteiger partial charge on any atom is -0.497 e. The third kappa shape index (κ3) is 4.94. The Labute approximate surface area is 174 Å². The lowest BCUT2D eigenvalue weighted by atomic mass is 10.0. The molecule has 154 valence electrons. The molecule has 0 aromatic heterocycles. The molecule has 7 heteroatoms. The van der Waals surface area contributed by atoms with E-state index in [4.69, 9.17) is 9.47 Å². The summed E-state index contributed by atoms with van der Waals surface area (Å²) in [5.74, 6) is 0.715. The van der Waals surface area contributed by atoms with Gasteiger partial charge in [-0.25, -0.2) is 0 Å². The largest absolute Gasteiger partial charge is 0.497 e. The van der Waals surface area contributed by atoms with Crippen LogP contribution in [0.15, 0.2) is 66.7 Å². The fraction of sp³-hybridized carbons (Fsp3) is 0.174. The number of amides is 1. The molecule has 0 bridgehead atoms. The number of nitrogens with zero attached hydrogens (tertiary/aromatic N) is 1. The minimum absolute atomic E-state index is 0.0649. The van der Waals surface area contributed by atoms with E-state index in [1.54, 1.807) is 38.3 Å². The summed E-state index contributed by atoms with van der Waals surface area (Å²) in [7, 11) is 1.56. The summed E-state index contributed by atoms with van der Waals surface area (Å²) >= 11 is 0. The molecular formula is C23H22N2O5. The first-order valence-corrected chi connectivity index (χ1v) is 9.34. The Morgan fingerprint density at radius 1 is 1.03 bits per heavy atom. The standard InChI is InChI=1S/C23H22N2O5/c1-15-4-8-18(9-5-15)24-23(26)16(2)30-22-13-10-19(25(27)28)14-21(22)17-6-11-20(29-3)12-7-17/h4-14,16H,1-3H3,(H,24,26)/t16-/m1/s1. The second kappa shape index (κ2) is 9.09. The van der Waals surface area contributed by atoms with Gasteiger partial charge in [0, 0.05) is 23.4 Å². The quantitative estimate of drug-likeness (QED) is 0.441. The first kappa shape index (κ1) is 20.9. The van der Waals surface area contributed by atoms with Gasteiger partial charge in [0.05, 0.1) is 12.0 Å². The summed E-state index contributed by atoms with van der Waals surface area (Å²) in [6.45, 7) is 3.59. The zero-order chi connectivity index (χ0) is 21.7. The van der Waals surface area contributed by atoms with Crippen molar-refractivity contribution in [1.82, 2.24) is 0 Å². The predicted molar refractivity (Wildman–Crippen MR) is 115 cm³/mol. The van der Waals surface area contributed by atoms with Gasteiger partial charge >= 0.3 is 0 Å². The van der Waals surface area contributed by atoms with E-state index in [0.29, 0.717) is 28.3 Å². The maximum atomic E-state index is 12.5. The van der Waals surface area contributed by atoms with E-state index in [0.717, 1.165) is 5.56 Å². The second-order valence-corrected chi connectivity index (χ2v) is 6.78. The molecule has 0 heterocycles. The molecule has 7 nitrogen and oxygen atoms in total. The maximum Gasteiger partial charge on any atom is 0.270 e. The third-order valence-electron chi connectivity index (χ3n) is 4.57. The molecule has 0 unspecified atom stereocenters. The highest BCUT2D eigenvalue weighted by Gasteiger charge is 2.19. The maximum absolute atomic E-state index is 12.5. The molecule has 0 spiro atoms. The lowest BCUT2D eigenvalue weighted by Gasteiger charge is -2.17. The van der Waals surface area contributed by atoms with E-state index in [1.807, 2.05) is 31.2 Å². The van der Waals surface area contributed by atoms with Crippen LogP contribution in [0.1, 0.15) is 12.5 Å². The van der Waals surface area contributed by atoms with Crippen molar-refractivity contribution < 1.29 is 19.2 Å². The van der Waals surface area contributed by atoms with Crippen LogP contribution in [-0.2, 0) is 4.79 Å². The molecule has 0 saturated heterocycles. The van der Waals surface area contributed by atoms with Crippen LogP contribution < -0.4 is 14.8 Å². The molecule has 0 fully saturated rings. The van der Waals surface area contributed by atoms with Crippen molar-refractivity contribution in [2.24, 2.45) is 0 Å². The van der Waals surface area contributed by atoms with E-state index in [9.17, 15) is 14.9 Å². The van der Waals surface area contributed by atoms with Gasteiger partial charge in [-0.2, -0.15) is 0 Å². The van der Waals surface area contributed by atoms with Crippen molar-refractivity contribution in [3.05, 3.63) is 82.4 Å². The van der Waals surface area contributed by atoms with Gasteiger partial charge in [-0.05, 0) is 49.7 Å². The van der Waals surface area contributed by atoms with Crippen molar-refractivity contribution in [2.45, 2.75) is 20.0 Å². The van der Waals surface area contributed by atoms with Gasteiger partial charge in [-0.15, -0.1) is 0 Å². The van der Waals surface area contributed by atoms with E-state index >= 15 is 0 Å². The molecule has 1 N–H and O–H groups in total. The predicted octanol–water partition coefficient (Wildman–Crippen LogP) is 4.98. The highest BCUT2D eigenvalue weighted by molar-refractivity contribution is 5.94. The fourth-order valence-corrected chi connectivity index (χ4v) is 2.86. The molecule has 0 aliphatic rings. The number of anilines is 1. The van der Waals surface area contributed by atoms with E-state index in [1.165, 1.54) is 18.2 Å². The van der Waals surface area contributed by atoms with Gasteiger partial charge in [0.1, 0.15) is 11.5 Å². The number of hydrogen-bond acceptors (Lipinski definition) is 5. The summed E-state index contributed by atoms with van der Waals surface area (Å²) in [4.78, 5) is 23.3. The molecule has 30 heavy (non-hydrogen) atoms. The molecule has 3 rings (SSSR count). The number of ether oxygens (including phenoxy) is 2. The number of rotatable bonds is 7. The Kier molecular flexibility index (Phi) is 6.32. The average Bonchev–Trinajstić information content (AvgIpc) is 2.75. The Morgan fingerprint density at radius 3 is 2.30 bits per heavy atom. The van der Waals surface area contributed by atoms with Crippen molar-refractivity contribution in [3.8, 4) is 22.6 Å². The van der Waals surface area contributed by atoms with Crippen LogP contribution >= 0.6 is 0 Å². The van der Waals surface area contributed by atoms with Crippen LogP contribution in [0.3, 0.4) is 0 Å². The normalized spacial score (nSPS) is 11.4. The van der Waals surface area contributed by atoms with E-state index in [-0.39, 0.29) is 11.6 Å². The molecule has 0 aliphatic heterocycles. The van der Waals surface area contributed by atoms with Gasteiger partial charge in [0.2, 0.25) is 0 Å². The van der Waals surface area contributed by atoms with Gasteiger partial charge in [0.15, 0.2) is 6.10 Å². The van der Waals surface area contributed by atoms with Gasteiger partial charge in [-0.3, -0.25) is 14.9 Å². The minimum atomic E-state index is -0.815. The van der Waals surface area contributed by atoms with E-state index in [2.05, 4.69) is 5.32 Å². The number of benzene rings is 3. The van der Waals surface area contributed by atoms with Gasteiger partial charge in [-0.1, -0.05) is 29.8 Å². The SMILES string of the molecule is COc1ccc(-c2cc([N+](=O)[O-])ccc2O[C@H](C)C(=O)Nc2ccc(C)cc2)cc1. The summed E-state index contributed by atoms with van der Waals surface area (Å²) in [5.41, 5.74) is 2.92. The molecule has 0 radical (unpaired) electrons. The summed E-state index contributed by atoms with van der Waals surface area (Å²) in [6, 6.07) is 18.8. The molecule has 3 aromatic carbocycles. The number of nitrogens with one attached hydrogen (secondary N) is 1. The van der Waals surface area contributed by atoms with Crippen molar-refractivity contribution in [3.63, 3.8) is 0 Å².